The van der Waals surface area contributed by atoms with Gasteiger partial charge in [-0.2, -0.15) is 10.5 Å². The zero-order valence-corrected chi connectivity index (χ0v) is 32.0. The molecule has 2 saturated carbocycles. The van der Waals surface area contributed by atoms with E-state index < -0.39 is 23.8 Å². The van der Waals surface area contributed by atoms with E-state index in [9.17, 15) is 24.8 Å². The number of nitriles is 2. The van der Waals surface area contributed by atoms with Gasteiger partial charge in [-0.25, -0.2) is 13.8 Å². The number of amides is 1. The second kappa shape index (κ2) is 14.4. The Balaban J connectivity index is 1.24. The van der Waals surface area contributed by atoms with Crippen molar-refractivity contribution < 1.29 is 23.4 Å². The summed E-state index contributed by atoms with van der Waals surface area (Å²) in [5.74, 6) is -0.839. The molecule has 2 aromatic heterocycles. The van der Waals surface area contributed by atoms with Crippen molar-refractivity contribution in [3.8, 4) is 23.3 Å². The van der Waals surface area contributed by atoms with Crippen LogP contribution in [0.1, 0.15) is 85.3 Å². The first-order chi connectivity index (χ1) is 27.1. The monoisotopic (exact) mass is 794 g/mol. The van der Waals surface area contributed by atoms with Crippen molar-refractivity contribution in [2.75, 3.05) is 13.1 Å². The Morgan fingerprint density at radius 3 is 2.62 bits per heavy atom. The molecule has 13 heteroatoms. The van der Waals surface area contributed by atoms with Gasteiger partial charge in [-0.1, -0.05) is 41.4 Å². The van der Waals surface area contributed by atoms with E-state index in [0.717, 1.165) is 37.0 Å². The van der Waals surface area contributed by atoms with Gasteiger partial charge in [-0.3, -0.25) is 4.79 Å². The molecule has 3 aromatic carbocycles. The predicted octanol–water partition coefficient (Wildman–Crippen LogP) is 8.62. The third kappa shape index (κ3) is 6.12. The molecule has 1 amide bonds. The summed E-state index contributed by atoms with van der Waals surface area (Å²) in [6.07, 6.45) is 2.02. The highest BCUT2D eigenvalue weighted by Gasteiger charge is 2.51. The number of hydrogen-bond donors (Lipinski definition) is 2. The van der Waals surface area contributed by atoms with Crippen LogP contribution in [0.2, 0.25) is 10.0 Å². The van der Waals surface area contributed by atoms with Crippen molar-refractivity contribution >= 4 is 50.9 Å². The summed E-state index contributed by atoms with van der Waals surface area (Å²) in [7, 11) is 0. The fourth-order valence-electron chi connectivity index (χ4n) is 9.28. The summed E-state index contributed by atoms with van der Waals surface area (Å²) in [4.78, 5) is 20.8. The lowest BCUT2D eigenvalue weighted by atomic mass is 9.79. The summed E-state index contributed by atoms with van der Waals surface area (Å²) < 4.78 is 40.0. The second-order valence-corrected chi connectivity index (χ2v) is 16.4. The van der Waals surface area contributed by atoms with Crippen molar-refractivity contribution in [3.05, 3.63) is 98.3 Å². The van der Waals surface area contributed by atoms with E-state index in [0.29, 0.717) is 52.0 Å². The highest BCUT2D eigenvalue weighted by molar-refractivity contribution is 6.43. The molecule has 3 saturated heterocycles. The highest BCUT2D eigenvalue weighted by atomic mass is 35.5. The number of nitrogens with one attached hydrogen (secondary N) is 1. The number of ether oxygens (including phenoxy) is 1. The number of hydrogen-bond acceptors (Lipinski definition) is 7. The second-order valence-electron chi connectivity index (χ2n) is 15.6. The number of carbonyl (C=O) groups is 1. The smallest absolute Gasteiger partial charge is 0.226 e. The molecule has 9 nitrogen and oxygen atoms in total. The first kappa shape index (κ1) is 37.0. The molecule has 2 N–H and O–H groups in total. The first-order valence-electron chi connectivity index (χ1n) is 19.1. The number of nitrogens with zero attached hydrogens (tertiary/aromatic N) is 5. The SMILES string of the molecule is CC(O)c1nc2c(F)c(-c3cccc(Cl)c3Cl)c(CCC#N)cc2c2c1cc(C1CC(OCc3ccc(F)cc3C#N)CN1C(=O)C1CC1)n2C1C2CNC1C2. The Morgan fingerprint density at radius 1 is 1.11 bits per heavy atom. The molecule has 6 atom stereocenters. The Hall–Kier alpha value is -4.62. The zero-order valence-electron chi connectivity index (χ0n) is 30.5. The number of benzene rings is 3. The van der Waals surface area contributed by atoms with Crippen LogP contribution in [0.4, 0.5) is 8.78 Å². The van der Waals surface area contributed by atoms with Gasteiger partial charge in [0.05, 0.1) is 69.9 Å². The van der Waals surface area contributed by atoms with Gasteiger partial charge in [0.2, 0.25) is 5.91 Å². The number of carbonyl (C=O) groups excluding carboxylic acids is 1. The quantitative estimate of drug-likeness (QED) is 0.145. The van der Waals surface area contributed by atoms with E-state index in [4.69, 9.17) is 32.9 Å². The van der Waals surface area contributed by atoms with Crippen molar-refractivity contribution in [2.24, 2.45) is 11.8 Å². The number of likely N-dealkylation sites (tertiary alicyclic amines) is 1. The number of fused-ring (bicyclic) bond motifs is 4. The van der Waals surface area contributed by atoms with E-state index in [2.05, 4.69) is 16.0 Å². The van der Waals surface area contributed by atoms with Crippen LogP contribution in [0, 0.1) is 46.1 Å². The van der Waals surface area contributed by atoms with E-state index in [-0.39, 0.29) is 76.2 Å². The summed E-state index contributed by atoms with van der Waals surface area (Å²) in [6, 6.07) is 17.0. The minimum atomic E-state index is -1.06. The van der Waals surface area contributed by atoms with Gasteiger partial charge in [0.25, 0.3) is 0 Å². The summed E-state index contributed by atoms with van der Waals surface area (Å²) in [5.41, 5.74) is 3.90. The molecule has 2 bridgehead atoms. The van der Waals surface area contributed by atoms with Crippen LogP contribution in [0.25, 0.3) is 32.9 Å². The topological polar surface area (TPSA) is 127 Å². The average molecular weight is 796 g/mol. The van der Waals surface area contributed by atoms with Crippen molar-refractivity contribution in [1.29, 1.82) is 10.5 Å². The lowest BCUT2D eigenvalue weighted by Crippen LogP contribution is -2.41. The molecule has 56 heavy (non-hydrogen) atoms. The van der Waals surface area contributed by atoms with Crippen LogP contribution in [0.3, 0.4) is 0 Å². The third-order valence-electron chi connectivity index (χ3n) is 12.1. The number of aliphatic hydroxyl groups excluding tert-OH is 1. The molecular weight excluding hydrogens is 757 g/mol. The fraction of sp³-hybridized carbons (Fsp3) is 0.395. The van der Waals surface area contributed by atoms with E-state index >= 15 is 4.39 Å². The molecule has 5 fully saturated rings. The molecule has 5 aromatic rings. The Labute approximate surface area is 332 Å². The summed E-state index contributed by atoms with van der Waals surface area (Å²) >= 11 is 13.1. The molecule has 2 aliphatic carbocycles. The maximum Gasteiger partial charge on any atom is 0.226 e. The van der Waals surface area contributed by atoms with Crippen LogP contribution in [0.15, 0.2) is 48.5 Å². The van der Waals surface area contributed by atoms with Crippen LogP contribution in [-0.2, 0) is 22.6 Å². The minimum absolute atomic E-state index is 0.00198. The molecule has 0 radical (unpaired) electrons. The molecule has 0 spiro atoms. The fourth-order valence-corrected chi connectivity index (χ4v) is 9.68. The molecule has 286 valence electrons. The normalized spacial score (nSPS) is 23.4. The number of aryl methyl sites for hydroxylation is 1. The molecule has 6 unspecified atom stereocenters. The van der Waals surface area contributed by atoms with E-state index in [1.54, 1.807) is 31.2 Å². The number of rotatable bonds is 10. The standard InChI is InChI=1S/C43H38Cl2F2N6O3/c1-21(54)39-31-16-35(34-15-28(19-52(34)43(55)22-7-8-22)56-20-24-9-10-27(46)12-25(24)17-49)53(41-26-14-33(41)50-18-26)42(31)30-13-23(4-3-11-48)36(38(47)40(30)51-39)29-5-2-6-32(44)37(29)45/h2,5-6,9-10,12-13,16,21-22,26,28,33-34,41,50,54H,3-4,7-8,14-15,18-20H2,1H3. The van der Waals surface area contributed by atoms with E-state index in [1.807, 2.05) is 23.1 Å². The molecule has 5 heterocycles. The predicted molar refractivity (Wildman–Crippen MR) is 208 cm³/mol. The maximum absolute atomic E-state index is 17.4. The lowest BCUT2D eigenvalue weighted by Gasteiger charge is -2.39. The molecule has 5 aliphatic rings. The van der Waals surface area contributed by atoms with Gasteiger partial charge in [-0.05, 0) is 80.0 Å². The van der Waals surface area contributed by atoms with Gasteiger partial charge >= 0.3 is 0 Å². The Kier molecular flexibility index (Phi) is 9.51. The molecule has 3 aliphatic heterocycles. The van der Waals surface area contributed by atoms with Gasteiger partial charge < -0.3 is 24.6 Å². The minimum Gasteiger partial charge on any atom is -0.387 e. The third-order valence-corrected chi connectivity index (χ3v) is 13.0. The zero-order chi connectivity index (χ0) is 39.0. The highest BCUT2D eigenvalue weighted by Crippen LogP contribution is 2.52. The van der Waals surface area contributed by atoms with Gasteiger partial charge in [0.15, 0.2) is 5.82 Å². The Morgan fingerprint density at radius 2 is 1.93 bits per heavy atom. The van der Waals surface area contributed by atoms with Gasteiger partial charge in [-0.15, -0.1) is 0 Å². The number of aromatic nitrogens is 2. The van der Waals surface area contributed by atoms with Crippen molar-refractivity contribution in [3.63, 3.8) is 0 Å². The number of pyridine rings is 1. The van der Waals surface area contributed by atoms with Crippen LogP contribution in [-0.4, -0.2) is 50.7 Å². The summed E-state index contributed by atoms with van der Waals surface area (Å²) in [5, 5.41) is 35.9. The van der Waals surface area contributed by atoms with Crippen LogP contribution in [0.5, 0.6) is 0 Å². The van der Waals surface area contributed by atoms with Crippen molar-refractivity contribution in [1.82, 2.24) is 19.8 Å². The average Bonchev–Trinajstić information content (AvgIpc) is 3.47. The largest absolute Gasteiger partial charge is 0.387 e. The van der Waals surface area contributed by atoms with Gasteiger partial charge in [0, 0.05) is 65.5 Å². The van der Waals surface area contributed by atoms with Crippen LogP contribution >= 0.6 is 23.2 Å². The Bertz CT molecular complexity index is 2510. The van der Waals surface area contributed by atoms with E-state index in [1.165, 1.54) is 12.1 Å². The van der Waals surface area contributed by atoms with Crippen LogP contribution < -0.4 is 5.32 Å². The molecular formula is C43H38Cl2F2N6O3. The lowest BCUT2D eigenvalue weighted by molar-refractivity contribution is -0.134. The number of halogens is 4. The summed E-state index contributed by atoms with van der Waals surface area (Å²) in [6.45, 7) is 2.84. The van der Waals surface area contributed by atoms with Gasteiger partial charge in [0.1, 0.15) is 11.3 Å². The maximum atomic E-state index is 17.4. The number of aliphatic hydroxyl groups is 1. The first-order valence-corrected chi connectivity index (χ1v) is 19.9. The molecule has 10 rings (SSSR count). The van der Waals surface area contributed by atoms with Crippen molar-refractivity contribution in [2.45, 2.75) is 82.4 Å².